The van der Waals surface area contributed by atoms with Gasteiger partial charge in [0, 0.05) is 0 Å². The summed E-state index contributed by atoms with van der Waals surface area (Å²) in [5, 5.41) is 3.01. The first-order valence-corrected chi connectivity index (χ1v) is 9.75. The van der Waals surface area contributed by atoms with Crippen LogP contribution in [-0.2, 0) is 16.0 Å². The van der Waals surface area contributed by atoms with E-state index >= 15 is 0 Å². The third kappa shape index (κ3) is 4.51. The molecule has 168 valence electrons. The lowest BCUT2D eigenvalue weighted by Crippen LogP contribution is -2.20. The van der Waals surface area contributed by atoms with Gasteiger partial charge in [0.25, 0.3) is 5.56 Å². The summed E-state index contributed by atoms with van der Waals surface area (Å²) in [6, 6.07) is 12.2. The highest BCUT2D eigenvalue weighted by atomic mass is 16.5. The van der Waals surface area contributed by atoms with Crippen LogP contribution in [0.1, 0.15) is 18.2 Å². The fraction of sp³-hybridized carbons (Fsp3) is 0.261. The molecule has 0 unspecified atom stereocenters. The molecule has 0 amide bonds. The minimum atomic E-state index is -0.485. The van der Waals surface area contributed by atoms with E-state index in [0.717, 1.165) is 0 Å². The minimum absolute atomic E-state index is 0.119. The highest BCUT2D eigenvalue weighted by Crippen LogP contribution is 2.37. The molecule has 9 heteroatoms. The van der Waals surface area contributed by atoms with E-state index in [1.165, 1.54) is 26.0 Å². The molecule has 0 aliphatic carbocycles. The summed E-state index contributed by atoms with van der Waals surface area (Å²) < 4.78 is 22.1. The van der Waals surface area contributed by atoms with Crippen LogP contribution in [0, 0.1) is 0 Å². The summed E-state index contributed by atoms with van der Waals surface area (Å²) in [4.78, 5) is 29.9. The van der Waals surface area contributed by atoms with Crippen LogP contribution in [0.2, 0.25) is 0 Å². The van der Waals surface area contributed by atoms with E-state index < -0.39 is 5.97 Å². The van der Waals surface area contributed by atoms with Gasteiger partial charge in [-0.2, -0.15) is 0 Å². The number of hydrogen-bond acceptors (Lipinski definition) is 7. The van der Waals surface area contributed by atoms with Crippen LogP contribution < -0.4 is 19.8 Å². The molecule has 0 atom stereocenters. The summed E-state index contributed by atoms with van der Waals surface area (Å²) in [6.07, 6.45) is -0.119. The number of rotatable bonds is 8. The Morgan fingerprint density at radius 2 is 1.72 bits per heavy atom. The number of ether oxygens (including phenoxy) is 4. The van der Waals surface area contributed by atoms with E-state index in [2.05, 4.69) is 10.1 Å². The summed E-state index contributed by atoms with van der Waals surface area (Å²) in [7, 11) is 5.91. The Bertz CT molecular complexity index is 1190. The number of nitrogens with zero attached hydrogens (tertiary/aromatic N) is 2. The van der Waals surface area contributed by atoms with Crippen LogP contribution >= 0.6 is 0 Å². The average molecular weight is 439 g/mol. The maximum Gasteiger partial charge on any atom is 0.311 e. The molecule has 2 aromatic carbocycles. The largest absolute Gasteiger partial charge is 0.497 e. The SMILES string of the molecule is COC(=O)Cc1[nH]n(-c2ccc(OC)cc2)c(=O)c1C(C)=Nc1cccc(OC)c1OC. The summed E-state index contributed by atoms with van der Waals surface area (Å²) in [6.45, 7) is 1.70. The lowest BCUT2D eigenvalue weighted by Gasteiger charge is -2.10. The Labute approximate surface area is 185 Å². The number of hydrogen-bond donors (Lipinski definition) is 1. The van der Waals surface area contributed by atoms with Crippen molar-refractivity contribution in [2.75, 3.05) is 28.4 Å². The molecule has 0 spiro atoms. The molecule has 0 radical (unpaired) electrons. The number of aromatic amines is 1. The number of carbonyl (C=O) groups excluding carboxylic acids is 1. The maximum atomic E-state index is 13.3. The highest BCUT2D eigenvalue weighted by Gasteiger charge is 2.21. The second-order valence-corrected chi connectivity index (χ2v) is 6.77. The molecule has 0 bridgehead atoms. The zero-order valence-electron chi connectivity index (χ0n) is 18.6. The number of carbonyl (C=O) groups is 1. The first-order chi connectivity index (χ1) is 15.4. The molecule has 0 saturated carbocycles. The number of aliphatic imine (C=N–C) groups is 1. The molecule has 9 nitrogen and oxygen atoms in total. The number of methoxy groups -OCH3 is 4. The van der Waals surface area contributed by atoms with Crippen molar-refractivity contribution in [2.24, 2.45) is 4.99 Å². The Morgan fingerprint density at radius 3 is 2.31 bits per heavy atom. The van der Waals surface area contributed by atoms with Crippen molar-refractivity contribution in [2.45, 2.75) is 13.3 Å². The van der Waals surface area contributed by atoms with Gasteiger partial charge in [0.05, 0.1) is 57.5 Å². The van der Waals surface area contributed by atoms with Crippen LogP contribution in [-0.4, -0.2) is 49.9 Å². The topological polar surface area (TPSA) is 104 Å². The van der Waals surface area contributed by atoms with Crippen molar-refractivity contribution in [3.63, 3.8) is 0 Å². The second-order valence-electron chi connectivity index (χ2n) is 6.77. The Kier molecular flexibility index (Phi) is 6.99. The van der Waals surface area contributed by atoms with Crippen molar-refractivity contribution >= 4 is 17.4 Å². The molecular formula is C23H25N3O6. The van der Waals surface area contributed by atoms with Crippen molar-refractivity contribution in [3.8, 4) is 22.9 Å². The fourth-order valence-electron chi connectivity index (χ4n) is 3.31. The van der Waals surface area contributed by atoms with E-state index in [-0.39, 0.29) is 17.5 Å². The minimum Gasteiger partial charge on any atom is -0.497 e. The zero-order valence-corrected chi connectivity index (χ0v) is 18.6. The molecule has 3 rings (SSSR count). The summed E-state index contributed by atoms with van der Waals surface area (Å²) >= 11 is 0. The van der Waals surface area contributed by atoms with Crippen molar-refractivity contribution in [3.05, 3.63) is 64.1 Å². The van der Waals surface area contributed by atoms with Gasteiger partial charge in [-0.25, -0.2) is 9.67 Å². The normalized spacial score (nSPS) is 11.2. The fourth-order valence-corrected chi connectivity index (χ4v) is 3.31. The number of aromatic nitrogens is 2. The number of nitrogens with one attached hydrogen (secondary N) is 1. The molecule has 0 saturated heterocycles. The molecule has 0 aliphatic rings. The van der Waals surface area contributed by atoms with Gasteiger partial charge in [0.1, 0.15) is 11.4 Å². The van der Waals surface area contributed by atoms with Gasteiger partial charge < -0.3 is 18.9 Å². The predicted molar refractivity (Wildman–Crippen MR) is 120 cm³/mol. The van der Waals surface area contributed by atoms with Gasteiger partial charge in [0.15, 0.2) is 11.5 Å². The number of benzene rings is 2. The lowest BCUT2D eigenvalue weighted by atomic mass is 10.1. The van der Waals surface area contributed by atoms with Crippen LogP contribution in [0.3, 0.4) is 0 Å². The zero-order chi connectivity index (χ0) is 23.3. The number of esters is 1. The van der Waals surface area contributed by atoms with Gasteiger partial charge in [-0.05, 0) is 43.3 Å². The third-order valence-electron chi connectivity index (χ3n) is 4.88. The highest BCUT2D eigenvalue weighted by molar-refractivity contribution is 6.02. The van der Waals surface area contributed by atoms with Gasteiger partial charge in [-0.1, -0.05) is 6.07 Å². The molecule has 1 N–H and O–H groups in total. The lowest BCUT2D eigenvalue weighted by molar-refractivity contribution is -0.139. The van der Waals surface area contributed by atoms with Gasteiger partial charge in [0.2, 0.25) is 0 Å². The smallest absolute Gasteiger partial charge is 0.311 e. The quantitative estimate of drug-likeness (QED) is 0.427. The summed E-state index contributed by atoms with van der Waals surface area (Å²) in [5.74, 6) is 1.13. The summed E-state index contributed by atoms with van der Waals surface area (Å²) in [5.41, 5.74) is 1.79. The molecule has 3 aromatic rings. The van der Waals surface area contributed by atoms with E-state index in [4.69, 9.17) is 18.9 Å². The van der Waals surface area contributed by atoms with Crippen molar-refractivity contribution in [1.29, 1.82) is 0 Å². The Hall–Kier alpha value is -4.01. The van der Waals surface area contributed by atoms with Crippen LogP contribution in [0.5, 0.6) is 17.2 Å². The monoisotopic (exact) mass is 439 g/mol. The van der Waals surface area contributed by atoms with Crippen LogP contribution in [0.25, 0.3) is 5.69 Å². The van der Waals surface area contributed by atoms with E-state index in [1.54, 1.807) is 56.5 Å². The molecule has 0 fully saturated rings. The maximum absolute atomic E-state index is 13.3. The average Bonchev–Trinajstić information content (AvgIpc) is 3.14. The Morgan fingerprint density at radius 1 is 1.00 bits per heavy atom. The Balaban J connectivity index is 2.15. The van der Waals surface area contributed by atoms with Gasteiger partial charge in [-0.3, -0.25) is 14.7 Å². The predicted octanol–water partition coefficient (Wildman–Crippen LogP) is 3.05. The first-order valence-electron chi connectivity index (χ1n) is 9.75. The molecule has 0 aliphatic heterocycles. The van der Waals surface area contributed by atoms with Gasteiger partial charge >= 0.3 is 5.97 Å². The van der Waals surface area contributed by atoms with Crippen molar-refractivity contribution in [1.82, 2.24) is 9.78 Å². The van der Waals surface area contributed by atoms with E-state index in [0.29, 0.717) is 40.0 Å². The molecular weight excluding hydrogens is 414 g/mol. The standard InChI is InChI=1S/C23H25N3O6/c1-14(24-17-7-6-8-19(30-3)22(17)32-5)21-18(13-20(27)31-4)25-26(23(21)28)15-9-11-16(29-2)12-10-15/h6-12,25H,13H2,1-5H3. The van der Waals surface area contributed by atoms with E-state index in [1.807, 2.05) is 0 Å². The van der Waals surface area contributed by atoms with Crippen molar-refractivity contribution < 1.29 is 23.7 Å². The third-order valence-corrected chi connectivity index (χ3v) is 4.88. The number of H-pyrrole nitrogens is 1. The van der Waals surface area contributed by atoms with Crippen LogP contribution in [0.4, 0.5) is 5.69 Å². The van der Waals surface area contributed by atoms with Gasteiger partial charge in [-0.15, -0.1) is 0 Å². The molecule has 1 heterocycles. The first kappa shape index (κ1) is 22.7. The molecule has 1 aromatic heterocycles. The van der Waals surface area contributed by atoms with Crippen LogP contribution in [0.15, 0.2) is 52.3 Å². The second kappa shape index (κ2) is 9.86. The number of para-hydroxylation sites is 1. The molecule has 32 heavy (non-hydrogen) atoms. The van der Waals surface area contributed by atoms with E-state index in [9.17, 15) is 9.59 Å².